The molecule has 0 bridgehead atoms. The number of carbonyl (C=O) groups excluding carboxylic acids is 4. The highest BCUT2D eigenvalue weighted by Gasteiger charge is 2.46. The minimum absolute atomic E-state index is 0.147. The van der Waals surface area contributed by atoms with Crippen molar-refractivity contribution in [2.45, 2.75) is 63.9 Å². The highest BCUT2D eigenvalue weighted by Crippen LogP contribution is 2.41. The Kier molecular flexibility index (Phi) is 4.17. The maximum atomic E-state index is 12.2. The lowest BCUT2D eigenvalue weighted by Gasteiger charge is -2.35. The Hall–Kier alpha value is -0.970. The summed E-state index contributed by atoms with van der Waals surface area (Å²) in [6.45, 7) is 7.57. The predicted octanol–water partition coefficient (Wildman–Crippen LogP) is 2.37. The van der Waals surface area contributed by atoms with E-state index in [0.29, 0.717) is 25.7 Å². The van der Waals surface area contributed by atoms with Crippen molar-refractivity contribution in [3.63, 3.8) is 0 Å². The monoisotopic (exact) mass is 310 g/mol. The number of carbonyl (C=O) groups is 4. The summed E-state index contributed by atoms with van der Waals surface area (Å²) in [6, 6.07) is 0. The molecule has 2 rings (SSSR count). The first kappa shape index (κ1) is 16.4. The molecule has 0 spiro atoms. The van der Waals surface area contributed by atoms with Gasteiger partial charge in [-0.05, 0) is 10.8 Å². The Morgan fingerprint density at radius 2 is 0.905 bits per heavy atom. The molecule has 2 aliphatic carbocycles. The minimum Gasteiger partial charge on any atom is -0.298 e. The normalized spacial score (nSPS) is 27.2. The molecule has 0 atom stereocenters. The van der Waals surface area contributed by atoms with Gasteiger partial charge in [0.1, 0.15) is 10.5 Å². The molecule has 0 heterocycles. The van der Waals surface area contributed by atoms with Gasteiger partial charge < -0.3 is 0 Å². The van der Waals surface area contributed by atoms with Crippen molar-refractivity contribution in [2.24, 2.45) is 10.8 Å². The molecule has 0 saturated heterocycles. The molecule has 5 heteroatoms. The summed E-state index contributed by atoms with van der Waals surface area (Å²) in [6.07, 6.45) is 1.32. The summed E-state index contributed by atoms with van der Waals surface area (Å²) in [7, 11) is 0. The largest absolute Gasteiger partial charge is 0.298 e. The standard InChI is InChI=1S/C16H22O4S/c1-15(2)5-9(17)13(10(18)6-15)21-14-11(19)7-16(3,4)8-12(14)20/h13-14H,5-8H2,1-4H3. The van der Waals surface area contributed by atoms with E-state index in [0.717, 1.165) is 11.8 Å². The summed E-state index contributed by atoms with van der Waals surface area (Å²) < 4.78 is 0. The summed E-state index contributed by atoms with van der Waals surface area (Å²) >= 11 is 0.977. The molecule has 0 unspecified atom stereocenters. The van der Waals surface area contributed by atoms with Crippen molar-refractivity contribution >= 4 is 34.9 Å². The average molecular weight is 310 g/mol. The van der Waals surface area contributed by atoms with Crippen LogP contribution in [0.3, 0.4) is 0 Å². The van der Waals surface area contributed by atoms with Crippen LogP contribution < -0.4 is 0 Å². The van der Waals surface area contributed by atoms with Crippen LogP contribution in [-0.4, -0.2) is 33.6 Å². The van der Waals surface area contributed by atoms with Crippen molar-refractivity contribution < 1.29 is 19.2 Å². The van der Waals surface area contributed by atoms with Gasteiger partial charge >= 0.3 is 0 Å². The van der Waals surface area contributed by atoms with E-state index in [4.69, 9.17) is 0 Å². The van der Waals surface area contributed by atoms with Gasteiger partial charge in [-0.1, -0.05) is 27.7 Å². The first-order valence-electron chi connectivity index (χ1n) is 7.27. The van der Waals surface area contributed by atoms with Crippen LogP contribution in [0.1, 0.15) is 53.4 Å². The van der Waals surface area contributed by atoms with Crippen LogP contribution in [0.15, 0.2) is 0 Å². The Labute approximate surface area is 129 Å². The van der Waals surface area contributed by atoms with Gasteiger partial charge in [-0.25, -0.2) is 0 Å². The molecule has 2 saturated carbocycles. The summed E-state index contributed by atoms with van der Waals surface area (Å²) in [4.78, 5) is 48.7. The summed E-state index contributed by atoms with van der Waals surface area (Å²) in [5, 5.41) is -1.67. The van der Waals surface area contributed by atoms with Crippen LogP contribution >= 0.6 is 11.8 Å². The molecule has 2 fully saturated rings. The second kappa shape index (κ2) is 5.34. The molecule has 2 aliphatic rings. The fourth-order valence-electron chi connectivity index (χ4n) is 3.18. The van der Waals surface area contributed by atoms with E-state index in [-0.39, 0.29) is 34.0 Å². The molecule has 0 N–H and O–H groups in total. The van der Waals surface area contributed by atoms with E-state index in [9.17, 15) is 19.2 Å². The van der Waals surface area contributed by atoms with Crippen molar-refractivity contribution in [1.29, 1.82) is 0 Å². The SMILES string of the molecule is CC1(C)CC(=O)C(SC2C(=O)CC(C)(C)CC2=O)C(=O)C1. The molecule has 0 aromatic rings. The number of hydrogen-bond donors (Lipinski definition) is 0. The lowest BCUT2D eigenvalue weighted by Crippen LogP contribution is -2.45. The second-order valence-corrected chi connectivity index (χ2v) is 9.01. The van der Waals surface area contributed by atoms with E-state index < -0.39 is 10.5 Å². The zero-order valence-electron chi connectivity index (χ0n) is 13.0. The Balaban J connectivity index is 2.11. The van der Waals surface area contributed by atoms with Gasteiger partial charge in [-0.15, -0.1) is 11.8 Å². The van der Waals surface area contributed by atoms with Gasteiger partial charge in [0.05, 0.1) is 0 Å². The van der Waals surface area contributed by atoms with Gasteiger partial charge in [0.25, 0.3) is 0 Å². The number of hydrogen-bond acceptors (Lipinski definition) is 5. The zero-order chi connectivity index (χ0) is 16.0. The van der Waals surface area contributed by atoms with Crippen LogP contribution in [0.5, 0.6) is 0 Å². The van der Waals surface area contributed by atoms with Crippen LogP contribution in [0.2, 0.25) is 0 Å². The quantitative estimate of drug-likeness (QED) is 0.732. The molecule has 0 aliphatic heterocycles. The van der Waals surface area contributed by atoms with Gasteiger partial charge in [-0.2, -0.15) is 0 Å². The highest BCUT2D eigenvalue weighted by atomic mass is 32.2. The van der Waals surface area contributed by atoms with Crippen molar-refractivity contribution in [3.8, 4) is 0 Å². The summed E-state index contributed by atoms with van der Waals surface area (Å²) in [5.41, 5.74) is -0.623. The molecule has 4 nitrogen and oxygen atoms in total. The number of ketones is 4. The number of thioether (sulfide) groups is 1. The first-order valence-corrected chi connectivity index (χ1v) is 8.21. The van der Waals surface area contributed by atoms with E-state index in [1.807, 2.05) is 27.7 Å². The molecule has 0 aromatic heterocycles. The van der Waals surface area contributed by atoms with Gasteiger partial charge in [0.15, 0.2) is 23.1 Å². The Morgan fingerprint density at radius 3 is 1.14 bits per heavy atom. The fraction of sp³-hybridized carbons (Fsp3) is 0.750. The smallest absolute Gasteiger partial charge is 0.153 e. The maximum Gasteiger partial charge on any atom is 0.153 e. The average Bonchev–Trinajstić information content (AvgIpc) is 2.22. The molecule has 0 aromatic carbocycles. The fourth-order valence-corrected chi connectivity index (χ4v) is 4.39. The topological polar surface area (TPSA) is 68.3 Å². The third-order valence-electron chi connectivity index (χ3n) is 4.05. The minimum atomic E-state index is -0.836. The van der Waals surface area contributed by atoms with Crippen LogP contribution in [-0.2, 0) is 19.2 Å². The van der Waals surface area contributed by atoms with Crippen molar-refractivity contribution in [2.75, 3.05) is 0 Å². The Bertz CT molecular complexity index is 432. The highest BCUT2D eigenvalue weighted by molar-refractivity contribution is 8.03. The maximum absolute atomic E-state index is 12.2. The third kappa shape index (κ3) is 3.62. The molecule has 0 amide bonds. The zero-order valence-corrected chi connectivity index (χ0v) is 13.8. The molecule has 116 valence electrons. The third-order valence-corrected chi connectivity index (χ3v) is 5.65. The van der Waals surface area contributed by atoms with E-state index >= 15 is 0 Å². The van der Waals surface area contributed by atoms with E-state index in [1.54, 1.807) is 0 Å². The van der Waals surface area contributed by atoms with Gasteiger partial charge in [0, 0.05) is 25.7 Å². The van der Waals surface area contributed by atoms with Crippen LogP contribution in [0.4, 0.5) is 0 Å². The van der Waals surface area contributed by atoms with E-state index in [1.165, 1.54) is 0 Å². The lowest BCUT2D eigenvalue weighted by molar-refractivity contribution is -0.133. The first-order chi connectivity index (χ1) is 9.51. The lowest BCUT2D eigenvalue weighted by atomic mass is 9.76. The molecule has 0 radical (unpaired) electrons. The second-order valence-electron chi connectivity index (χ2n) is 7.80. The van der Waals surface area contributed by atoms with Crippen molar-refractivity contribution in [1.82, 2.24) is 0 Å². The van der Waals surface area contributed by atoms with Crippen LogP contribution in [0.25, 0.3) is 0 Å². The summed E-state index contributed by atoms with van der Waals surface area (Å²) in [5.74, 6) is -0.586. The van der Waals surface area contributed by atoms with Crippen molar-refractivity contribution in [3.05, 3.63) is 0 Å². The van der Waals surface area contributed by atoms with Gasteiger partial charge in [0.2, 0.25) is 0 Å². The van der Waals surface area contributed by atoms with Crippen LogP contribution in [0, 0.1) is 10.8 Å². The predicted molar refractivity (Wildman–Crippen MR) is 81.2 cm³/mol. The van der Waals surface area contributed by atoms with E-state index in [2.05, 4.69) is 0 Å². The van der Waals surface area contributed by atoms with Gasteiger partial charge in [-0.3, -0.25) is 19.2 Å². The molecule has 21 heavy (non-hydrogen) atoms. The Morgan fingerprint density at radius 1 is 0.667 bits per heavy atom. The number of Topliss-reactive ketones (excluding diaryl/α,β-unsaturated/α-hetero) is 4. The molecular weight excluding hydrogens is 288 g/mol. The molecular formula is C16H22O4S. The number of rotatable bonds is 2.